The molecule has 1 aromatic rings. The highest BCUT2D eigenvalue weighted by atomic mass is 16.3. The lowest BCUT2D eigenvalue weighted by Gasteiger charge is -2.26. The number of pyridine rings is 1. The molecular weight excluding hydrogens is 254 g/mol. The molecule has 1 aliphatic heterocycles. The zero-order chi connectivity index (χ0) is 14.5. The summed E-state index contributed by atoms with van der Waals surface area (Å²) in [5, 5.41) is 12.7. The van der Waals surface area contributed by atoms with Crippen molar-refractivity contribution in [1.82, 2.24) is 9.88 Å². The van der Waals surface area contributed by atoms with Crippen molar-refractivity contribution < 1.29 is 9.90 Å². The van der Waals surface area contributed by atoms with Crippen LogP contribution >= 0.6 is 0 Å². The zero-order valence-electron chi connectivity index (χ0n) is 12.2. The summed E-state index contributed by atoms with van der Waals surface area (Å²) in [7, 11) is 0. The van der Waals surface area contributed by atoms with E-state index in [-0.39, 0.29) is 18.6 Å². The number of aliphatic hydroxyl groups excluding tert-OH is 1. The Morgan fingerprint density at radius 1 is 1.60 bits per heavy atom. The number of hydrogen-bond acceptors (Lipinski definition) is 4. The molecule has 1 aromatic heterocycles. The molecule has 1 aliphatic rings. The molecule has 110 valence electrons. The second-order valence-electron chi connectivity index (χ2n) is 5.34. The fraction of sp³-hybridized carbons (Fsp3) is 0.600. The summed E-state index contributed by atoms with van der Waals surface area (Å²) in [5.41, 5.74) is 0.591. The van der Waals surface area contributed by atoms with Gasteiger partial charge in [0, 0.05) is 19.3 Å². The van der Waals surface area contributed by atoms with Crippen LogP contribution in [0.3, 0.4) is 0 Å². The highest BCUT2D eigenvalue weighted by Crippen LogP contribution is 2.26. The minimum Gasteiger partial charge on any atom is -0.394 e. The molecule has 5 nitrogen and oxygen atoms in total. The monoisotopic (exact) mass is 277 g/mol. The van der Waals surface area contributed by atoms with Gasteiger partial charge in [-0.1, -0.05) is 13.8 Å². The van der Waals surface area contributed by atoms with Gasteiger partial charge in [-0.2, -0.15) is 0 Å². The molecule has 1 amide bonds. The molecule has 0 radical (unpaired) electrons. The van der Waals surface area contributed by atoms with Crippen LogP contribution in [-0.4, -0.2) is 46.6 Å². The van der Waals surface area contributed by atoms with Crippen LogP contribution in [0.25, 0.3) is 0 Å². The lowest BCUT2D eigenvalue weighted by atomic mass is 10.0. The molecule has 2 heterocycles. The highest BCUT2D eigenvalue weighted by molar-refractivity contribution is 5.99. The average molecular weight is 277 g/mol. The summed E-state index contributed by atoms with van der Waals surface area (Å²) >= 11 is 0. The van der Waals surface area contributed by atoms with E-state index in [1.807, 2.05) is 0 Å². The van der Waals surface area contributed by atoms with Crippen LogP contribution in [0.1, 0.15) is 37.0 Å². The van der Waals surface area contributed by atoms with Gasteiger partial charge in [-0.3, -0.25) is 4.79 Å². The number of aromatic nitrogens is 1. The summed E-state index contributed by atoms with van der Waals surface area (Å²) in [4.78, 5) is 18.7. The average Bonchev–Trinajstić information content (AvgIpc) is 2.85. The SMILES string of the molecule is CCCNc1ncccc1C(=O)N1CCC(C)C1CO. The number of carbonyl (C=O) groups is 1. The number of amides is 1. The Hall–Kier alpha value is -1.62. The van der Waals surface area contributed by atoms with Gasteiger partial charge < -0.3 is 15.3 Å². The van der Waals surface area contributed by atoms with Gasteiger partial charge in [-0.15, -0.1) is 0 Å². The number of carbonyl (C=O) groups excluding carboxylic acids is 1. The first-order valence-electron chi connectivity index (χ1n) is 7.29. The van der Waals surface area contributed by atoms with E-state index in [1.165, 1.54) is 0 Å². The predicted molar refractivity (Wildman–Crippen MR) is 78.7 cm³/mol. The smallest absolute Gasteiger partial charge is 0.257 e. The maximum absolute atomic E-state index is 12.7. The third-order valence-corrected chi connectivity index (χ3v) is 3.91. The molecule has 1 saturated heterocycles. The van der Waals surface area contributed by atoms with E-state index < -0.39 is 0 Å². The minimum absolute atomic E-state index is 0.0187. The van der Waals surface area contributed by atoms with Crippen molar-refractivity contribution in [2.24, 2.45) is 5.92 Å². The number of rotatable bonds is 5. The molecule has 5 heteroatoms. The van der Waals surface area contributed by atoms with Gasteiger partial charge in [-0.25, -0.2) is 4.98 Å². The molecule has 20 heavy (non-hydrogen) atoms. The van der Waals surface area contributed by atoms with E-state index >= 15 is 0 Å². The van der Waals surface area contributed by atoms with Crippen LogP contribution in [-0.2, 0) is 0 Å². The quantitative estimate of drug-likeness (QED) is 0.860. The van der Waals surface area contributed by atoms with Crippen molar-refractivity contribution >= 4 is 11.7 Å². The number of anilines is 1. The molecule has 2 atom stereocenters. The topological polar surface area (TPSA) is 65.5 Å². The van der Waals surface area contributed by atoms with Crippen LogP contribution in [0.4, 0.5) is 5.82 Å². The van der Waals surface area contributed by atoms with E-state index in [0.29, 0.717) is 23.8 Å². The Morgan fingerprint density at radius 3 is 3.10 bits per heavy atom. The predicted octanol–water partition coefficient (Wildman–Crippen LogP) is 1.75. The van der Waals surface area contributed by atoms with Gasteiger partial charge in [0.05, 0.1) is 18.2 Å². The normalized spacial score (nSPS) is 22.1. The number of nitrogens with one attached hydrogen (secondary N) is 1. The number of nitrogens with zero attached hydrogens (tertiary/aromatic N) is 2. The third kappa shape index (κ3) is 2.93. The van der Waals surface area contributed by atoms with Crippen molar-refractivity contribution in [3.63, 3.8) is 0 Å². The Kier molecular flexibility index (Phi) is 4.95. The first kappa shape index (κ1) is 14.8. The first-order chi connectivity index (χ1) is 9.69. The summed E-state index contributed by atoms with van der Waals surface area (Å²) in [6.07, 6.45) is 3.60. The second kappa shape index (κ2) is 6.70. The lowest BCUT2D eigenvalue weighted by Crippen LogP contribution is -2.40. The van der Waals surface area contributed by atoms with Crippen LogP contribution in [0.15, 0.2) is 18.3 Å². The number of aliphatic hydroxyl groups is 1. The minimum atomic E-state index is -0.0817. The number of hydrogen-bond donors (Lipinski definition) is 2. The van der Waals surface area contributed by atoms with Gasteiger partial charge in [-0.05, 0) is 30.9 Å². The van der Waals surface area contributed by atoms with Gasteiger partial charge in [0.2, 0.25) is 0 Å². The molecule has 0 spiro atoms. The Bertz CT molecular complexity index is 464. The maximum Gasteiger partial charge on any atom is 0.257 e. The lowest BCUT2D eigenvalue weighted by molar-refractivity contribution is 0.0649. The summed E-state index contributed by atoms with van der Waals surface area (Å²) in [5.74, 6) is 0.934. The van der Waals surface area contributed by atoms with Gasteiger partial charge in [0.25, 0.3) is 5.91 Å². The Balaban J connectivity index is 2.20. The summed E-state index contributed by atoms with van der Waals surface area (Å²) in [6.45, 7) is 5.66. The van der Waals surface area contributed by atoms with Crippen molar-refractivity contribution in [3.05, 3.63) is 23.9 Å². The Morgan fingerprint density at radius 2 is 2.40 bits per heavy atom. The van der Waals surface area contributed by atoms with E-state index in [1.54, 1.807) is 23.2 Å². The second-order valence-corrected chi connectivity index (χ2v) is 5.34. The highest BCUT2D eigenvalue weighted by Gasteiger charge is 2.35. The molecule has 0 saturated carbocycles. The van der Waals surface area contributed by atoms with E-state index in [4.69, 9.17) is 0 Å². The molecule has 0 aliphatic carbocycles. The van der Waals surface area contributed by atoms with Crippen LogP contribution < -0.4 is 5.32 Å². The Labute approximate surface area is 120 Å². The van der Waals surface area contributed by atoms with Crippen LogP contribution in [0.5, 0.6) is 0 Å². The van der Waals surface area contributed by atoms with E-state index in [0.717, 1.165) is 19.4 Å². The molecule has 0 aromatic carbocycles. The third-order valence-electron chi connectivity index (χ3n) is 3.91. The van der Waals surface area contributed by atoms with Gasteiger partial charge in [0.1, 0.15) is 5.82 Å². The van der Waals surface area contributed by atoms with Crippen LogP contribution in [0, 0.1) is 5.92 Å². The molecule has 2 N–H and O–H groups in total. The molecule has 2 unspecified atom stereocenters. The fourth-order valence-corrected chi connectivity index (χ4v) is 2.66. The maximum atomic E-state index is 12.7. The largest absolute Gasteiger partial charge is 0.394 e. The van der Waals surface area contributed by atoms with E-state index in [2.05, 4.69) is 24.1 Å². The number of likely N-dealkylation sites (tertiary alicyclic amines) is 1. The van der Waals surface area contributed by atoms with Crippen molar-refractivity contribution in [2.75, 3.05) is 25.0 Å². The van der Waals surface area contributed by atoms with Gasteiger partial charge >= 0.3 is 0 Å². The molecule has 0 bridgehead atoms. The van der Waals surface area contributed by atoms with E-state index in [9.17, 15) is 9.90 Å². The summed E-state index contributed by atoms with van der Waals surface area (Å²) < 4.78 is 0. The van der Waals surface area contributed by atoms with Crippen molar-refractivity contribution in [3.8, 4) is 0 Å². The van der Waals surface area contributed by atoms with Gasteiger partial charge in [0.15, 0.2) is 0 Å². The zero-order valence-corrected chi connectivity index (χ0v) is 12.2. The summed E-state index contributed by atoms with van der Waals surface area (Å²) in [6, 6.07) is 3.49. The van der Waals surface area contributed by atoms with Crippen LogP contribution in [0.2, 0.25) is 0 Å². The molecule has 1 fully saturated rings. The fourth-order valence-electron chi connectivity index (χ4n) is 2.66. The standard InChI is InChI=1S/C15H23N3O2/c1-3-7-16-14-12(5-4-8-17-14)15(20)18-9-6-11(2)13(18)10-19/h4-5,8,11,13,19H,3,6-7,9-10H2,1-2H3,(H,16,17). The van der Waals surface area contributed by atoms with Crippen molar-refractivity contribution in [1.29, 1.82) is 0 Å². The molecule has 2 rings (SSSR count). The molecular formula is C15H23N3O2. The first-order valence-corrected chi connectivity index (χ1v) is 7.29. The van der Waals surface area contributed by atoms with Crippen molar-refractivity contribution in [2.45, 2.75) is 32.7 Å².